The van der Waals surface area contributed by atoms with Crippen LogP contribution in [0.25, 0.3) is 0 Å². The Morgan fingerprint density at radius 1 is 1.04 bits per heavy atom. The van der Waals surface area contributed by atoms with Gasteiger partial charge in [0.1, 0.15) is 0 Å². The Hall–Kier alpha value is -1.89. The van der Waals surface area contributed by atoms with Crippen LogP contribution in [0, 0.1) is 0 Å². The van der Waals surface area contributed by atoms with E-state index in [1.807, 2.05) is 12.1 Å². The number of hydrogen-bond acceptors (Lipinski definition) is 4. The van der Waals surface area contributed by atoms with Crippen LogP contribution in [0.15, 0.2) is 36.4 Å². The maximum Gasteiger partial charge on any atom is 0.261 e. The molecule has 5 nitrogen and oxygen atoms in total. The summed E-state index contributed by atoms with van der Waals surface area (Å²) in [5.41, 5.74) is 2.19. The Labute approximate surface area is 168 Å². The molecule has 0 spiro atoms. The van der Waals surface area contributed by atoms with Gasteiger partial charge in [-0.25, -0.2) is 0 Å². The van der Waals surface area contributed by atoms with Crippen LogP contribution in [0.1, 0.15) is 38.4 Å². The van der Waals surface area contributed by atoms with Crippen LogP contribution in [0.3, 0.4) is 0 Å². The van der Waals surface area contributed by atoms with Gasteiger partial charge in [0, 0.05) is 30.6 Å². The SMILES string of the molecule is CN(C)CC1(c2ccc(C(=O)NCCNC(=O)c3ccc(Cl)s3)cc2)CC1. The zero-order chi connectivity index (χ0) is 19.4. The molecule has 1 saturated carbocycles. The molecule has 1 aromatic carbocycles. The van der Waals surface area contributed by atoms with E-state index in [0.29, 0.717) is 27.9 Å². The van der Waals surface area contributed by atoms with Crippen LogP contribution < -0.4 is 10.6 Å². The van der Waals surface area contributed by atoms with E-state index in [1.165, 1.54) is 29.7 Å². The molecule has 1 aromatic heterocycles. The fourth-order valence-corrected chi connectivity index (χ4v) is 4.21. The molecule has 0 aliphatic heterocycles. The fourth-order valence-electron chi connectivity index (χ4n) is 3.25. The molecule has 1 aliphatic rings. The minimum atomic E-state index is -0.180. The normalized spacial score (nSPS) is 14.8. The molecule has 1 fully saturated rings. The van der Waals surface area contributed by atoms with Crippen molar-refractivity contribution >= 4 is 34.8 Å². The highest BCUT2D eigenvalue weighted by Crippen LogP contribution is 2.48. The highest BCUT2D eigenvalue weighted by Gasteiger charge is 2.44. The number of amides is 2. The molecule has 0 bridgehead atoms. The zero-order valence-corrected chi connectivity index (χ0v) is 17.1. The van der Waals surface area contributed by atoms with Crippen molar-refractivity contribution in [3.63, 3.8) is 0 Å². The number of nitrogens with one attached hydrogen (secondary N) is 2. The molecule has 0 atom stereocenters. The number of carbonyl (C=O) groups is 2. The van der Waals surface area contributed by atoms with E-state index in [1.54, 1.807) is 12.1 Å². The van der Waals surface area contributed by atoms with E-state index in [0.717, 1.165) is 6.54 Å². The topological polar surface area (TPSA) is 61.4 Å². The second kappa shape index (κ2) is 8.42. The lowest BCUT2D eigenvalue weighted by atomic mass is 9.94. The molecule has 2 N–H and O–H groups in total. The molecule has 7 heteroatoms. The van der Waals surface area contributed by atoms with Gasteiger partial charge < -0.3 is 15.5 Å². The van der Waals surface area contributed by atoms with Gasteiger partial charge >= 0.3 is 0 Å². The molecule has 0 saturated heterocycles. The summed E-state index contributed by atoms with van der Waals surface area (Å²) < 4.78 is 0.579. The monoisotopic (exact) mass is 405 g/mol. The number of carbonyl (C=O) groups excluding carboxylic acids is 2. The van der Waals surface area contributed by atoms with Crippen LogP contribution in [0.5, 0.6) is 0 Å². The van der Waals surface area contributed by atoms with E-state index in [-0.39, 0.29) is 17.2 Å². The average Bonchev–Trinajstić information content (AvgIpc) is 3.28. The summed E-state index contributed by atoms with van der Waals surface area (Å²) in [6, 6.07) is 11.3. The standard InChI is InChI=1S/C20H24ClN3O2S/c1-24(2)13-20(9-10-20)15-5-3-14(4-6-15)18(25)22-11-12-23-19(26)16-7-8-17(21)27-16/h3-8H,9-13H2,1-2H3,(H,22,25)(H,23,26). The lowest BCUT2D eigenvalue weighted by Crippen LogP contribution is -2.34. The first kappa shape index (κ1) is 19.9. The predicted molar refractivity (Wildman–Crippen MR) is 110 cm³/mol. The van der Waals surface area contributed by atoms with Gasteiger partial charge in [-0.15, -0.1) is 11.3 Å². The molecule has 3 rings (SSSR count). The summed E-state index contributed by atoms with van der Waals surface area (Å²) in [6.45, 7) is 1.77. The number of nitrogens with zero attached hydrogens (tertiary/aromatic N) is 1. The smallest absolute Gasteiger partial charge is 0.261 e. The van der Waals surface area contributed by atoms with Crippen LogP contribution in [-0.2, 0) is 5.41 Å². The van der Waals surface area contributed by atoms with Crippen LogP contribution >= 0.6 is 22.9 Å². The van der Waals surface area contributed by atoms with Crippen molar-refractivity contribution in [2.24, 2.45) is 0 Å². The predicted octanol–water partition coefficient (Wildman–Crippen LogP) is 3.15. The molecular formula is C20H24ClN3O2S. The highest BCUT2D eigenvalue weighted by molar-refractivity contribution is 7.17. The summed E-state index contributed by atoms with van der Waals surface area (Å²) in [5.74, 6) is -0.312. The molecule has 0 radical (unpaired) electrons. The number of likely N-dealkylation sites (N-methyl/N-ethyl adjacent to an activating group) is 1. The van der Waals surface area contributed by atoms with Gasteiger partial charge in [0.05, 0.1) is 9.21 Å². The Balaban J connectivity index is 1.45. The lowest BCUT2D eigenvalue weighted by Gasteiger charge is -2.20. The van der Waals surface area contributed by atoms with Gasteiger partial charge in [0.15, 0.2) is 0 Å². The van der Waals surface area contributed by atoms with Gasteiger partial charge in [-0.3, -0.25) is 9.59 Å². The third kappa shape index (κ3) is 5.09. The molecule has 144 valence electrons. The van der Waals surface area contributed by atoms with E-state index >= 15 is 0 Å². The summed E-state index contributed by atoms with van der Waals surface area (Å²) >= 11 is 7.05. The van der Waals surface area contributed by atoms with Crippen LogP contribution in [0.4, 0.5) is 0 Å². The Kier molecular flexibility index (Phi) is 6.19. The summed E-state index contributed by atoms with van der Waals surface area (Å²) in [4.78, 5) is 27.0. The first-order chi connectivity index (χ1) is 12.9. The minimum Gasteiger partial charge on any atom is -0.350 e. The molecule has 0 unspecified atom stereocenters. The largest absolute Gasteiger partial charge is 0.350 e. The van der Waals surface area contributed by atoms with Crippen molar-refractivity contribution in [2.45, 2.75) is 18.3 Å². The zero-order valence-electron chi connectivity index (χ0n) is 15.5. The number of halogens is 1. The summed E-state index contributed by atoms with van der Waals surface area (Å²) in [6.07, 6.45) is 2.40. The third-order valence-corrected chi connectivity index (χ3v) is 5.95. The summed E-state index contributed by atoms with van der Waals surface area (Å²) in [5, 5.41) is 5.60. The van der Waals surface area contributed by atoms with Gasteiger partial charge in [0.25, 0.3) is 11.8 Å². The van der Waals surface area contributed by atoms with Crippen molar-refractivity contribution in [3.05, 3.63) is 56.7 Å². The van der Waals surface area contributed by atoms with Crippen molar-refractivity contribution in [2.75, 3.05) is 33.7 Å². The van der Waals surface area contributed by atoms with Gasteiger partial charge in [-0.1, -0.05) is 23.7 Å². The fraction of sp³-hybridized carbons (Fsp3) is 0.400. The highest BCUT2D eigenvalue weighted by atomic mass is 35.5. The molecule has 27 heavy (non-hydrogen) atoms. The number of thiophene rings is 1. The maximum atomic E-state index is 12.3. The average molecular weight is 406 g/mol. The third-order valence-electron chi connectivity index (χ3n) is 4.73. The van der Waals surface area contributed by atoms with Gasteiger partial charge in [-0.2, -0.15) is 0 Å². The van der Waals surface area contributed by atoms with Crippen molar-refractivity contribution in [1.82, 2.24) is 15.5 Å². The Bertz CT molecular complexity index is 813. The molecule has 2 amide bonds. The molecule has 2 aromatic rings. The lowest BCUT2D eigenvalue weighted by molar-refractivity contribution is 0.0929. The van der Waals surface area contributed by atoms with Crippen molar-refractivity contribution in [1.29, 1.82) is 0 Å². The van der Waals surface area contributed by atoms with Crippen molar-refractivity contribution in [3.8, 4) is 0 Å². The molecular weight excluding hydrogens is 382 g/mol. The van der Waals surface area contributed by atoms with E-state index in [9.17, 15) is 9.59 Å². The van der Waals surface area contributed by atoms with Crippen molar-refractivity contribution < 1.29 is 9.59 Å². The number of hydrogen-bond donors (Lipinski definition) is 2. The molecule has 1 aliphatic carbocycles. The number of rotatable bonds is 8. The second-order valence-electron chi connectivity index (χ2n) is 7.21. The quantitative estimate of drug-likeness (QED) is 0.663. The second-order valence-corrected chi connectivity index (χ2v) is 8.93. The maximum absolute atomic E-state index is 12.3. The first-order valence-corrected chi connectivity index (χ1v) is 10.2. The number of benzene rings is 1. The van der Waals surface area contributed by atoms with E-state index in [2.05, 4.69) is 41.8 Å². The van der Waals surface area contributed by atoms with Crippen LogP contribution in [0.2, 0.25) is 4.34 Å². The van der Waals surface area contributed by atoms with E-state index < -0.39 is 0 Å². The van der Waals surface area contributed by atoms with Crippen LogP contribution in [-0.4, -0.2) is 50.4 Å². The first-order valence-electron chi connectivity index (χ1n) is 8.97. The van der Waals surface area contributed by atoms with E-state index in [4.69, 9.17) is 11.6 Å². The minimum absolute atomic E-state index is 0.132. The van der Waals surface area contributed by atoms with Gasteiger partial charge in [0.2, 0.25) is 0 Å². The Morgan fingerprint density at radius 2 is 1.67 bits per heavy atom. The Morgan fingerprint density at radius 3 is 2.19 bits per heavy atom. The van der Waals surface area contributed by atoms with Gasteiger partial charge in [-0.05, 0) is 56.8 Å². The summed E-state index contributed by atoms with van der Waals surface area (Å²) in [7, 11) is 4.18. The molecule has 1 heterocycles.